The van der Waals surface area contributed by atoms with Crippen LogP contribution < -0.4 is 9.47 Å². The van der Waals surface area contributed by atoms with Crippen molar-refractivity contribution in [2.45, 2.75) is 44.2 Å². The Hall–Kier alpha value is -2.58. The zero-order valence-corrected chi connectivity index (χ0v) is 24.0. The summed E-state index contributed by atoms with van der Waals surface area (Å²) in [6, 6.07) is 13.6. The number of nitrogens with zero attached hydrogens (tertiary/aromatic N) is 4. The zero-order chi connectivity index (χ0) is 27.6. The molecule has 0 N–H and O–H groups in total. The maximum atomic E-state index is 13.2. The molecule has 0 bridgehead atoms. The second-order valence-corrected chi connectivity index (χ2v) is 11.8. The predicted molar refractivity (Wildman–Crippen MR) is 152 cm³/mol. The van der Waals surface area contributed by atoms with Crippen LogP contribution in [0, 0.1) is 11.1 Å². The summed E-state index contributed by atoms with van der Waals surface area (Å²) in [5, 5.41) is 12.4. The fourth-order valence-corrected chi connectivity index (χ4v) is 6.48. The summed E-state index contributed by atoms with van der Waals surface area (Å²) in [4.78, 5) is 21.9. The smallest absolute Gasteiger partial charge is 0.257 e. The van der Waals surface area contributed by atoms with E-state index in [-0.39, 0.29) is 33.2 Å². The number of carbonyl (C=O) groups is 1. The molecule has 1 amide bonds. The number of benzene rings is 1. The summed E-state index contributed by atoms with van der Waals surface area (Å²) in [6.07, 6.45) is 7.62. The molecule has 0 spiro atoms. The van der Waals surface area contributed by atoms with Crippen molar-refractivity contribution < 1.29 is 14.3 Å². The Morgan fingerprint density at radius 2 is 1.67 bits per heavy atom. The van der Waals surface area contributed by atoms with E-state index >= 15 is 0 Å². The predicted octanol–water partition coefficient (Wildman–Crippen LogP) is 6.20. The molecule has 3 aromatic rings. The van der Waals surface area contributed by atoms with E-state index < -0.39 is 0 Å². The van der Waals surface area contributed by atoms with Crippen molar-refractivity contribution in [3.05, 3.63) is 92.5 Å². The molecule has 10 heteroatoms. The van der Waals surface area contributed by atoms with Gasteiger partial charge in [-0.25, -0.2) is 4.98 Å². The first-order valence-electron chi connectivity index (χ1n) is 13.2. The second kappa shape index (κ2) is 11.9. The first-order valence-corrected chi connectivity index (χ1v) is 14.3. The van der Waals surface area contributed by atoms with Gasteiger partial charge in [0.25, 0.3) is 5.91 Å². The second-order valence-electron chi connectivity index (χ2n) is 10.6. The van der Waals surface area contributed by atoms with Crippen LogP contribution in [0.5, 0.6) is 5.88 Å². The van der Waals surface area contributed by atoms with E-state index in [1.54, 1.807) is 11.1 Å². The first-order chi connectivity index (χ1) is 18.7. The third kappa shape index (κ3) is 6.27. The van der Waals surface area contributed by atoms with Crippen LogP contribution in [-0.2, 0) is 0 Å². The lowest BCUT2D eigenvalue weighted by Crippen LogP contribution is -2.56. The van der Waals surface area contributed by atoms with Gasteiger partial charge < -0.3 is 14.8 Å². The topological polar surface area (TPSA) is 72.6 Å². The minimum Gasteiger partial charge on any atom is -0.619 e. The minimum atomic E-state index is -0.233. The highest BCUT2D eigenvalue weighted by Crippen LogP contribution is 2.39. The third-order valence-electron chi connectivity index (χ3n) is 8.12. The highest BCUT2D eigenvalue weighted by molar-refractivity contribution is 6.39. The zero-order valence-electron chi connectivity index (χ0n) is 21.7. The number of hydrogen-bond acceptors (Lipinski definition) is 5. The molecule has 0 saturated carbocycles. The Morgan fingerprint density at radius 1 is 1.03 bits per heavy atom. The molecular weight excluding hydrogens is 559 g/mol. The molecule has 0 aliphatic carbocycles. The molecule has 0 radical (unpaired) electrons. The van der Waals surface area contributed by atoms with Crippen LogP contribution in [0.2, 0.25) is 15.1 Å². The number of carbonyl (C=O) groups excluding carboxylic acids is 1. The summed E-state index contributed by atoms with van der Waals surface area (Å²) >= 11 is 18.5. The van der Waals surface area contributed by atoms with E-state index in [0.717, 1.165) is 56.7 Å². The van der Waals surface area contributed by atoms with Crippen molar-refractivity contribution in [3.8, 4) is 5.88 Å². The molecule has 1 aromatic carbocycles. The van der Waals surface area contributed by atoms with Crippen molar-refractivity contribution >= 4 is 40.7 Å². The Bertz CT molecular complexity index is 1270. The van der Waals surface area contributed by atoms with Gasteiger partial charge in [-0.1, -0.05) is 53.0 Å². The summed E-state index contributed by atoms with van der Waals surface area (Å²) in [5.41, 5.74) is 1.28. The van der Waals surface area contributed by atoms with Crippen LogP contribution in [0.25, 0.3) is 0 Å². The normalized spacial score (nSPS) is 19.0. The maximum absolute atomic E-state index is 13.2. The van der Waals surface area contributed by atoms with Gasteiger partial charge in [0, 0.05) is 41.8 Å². The number of rotatable bonds is 6. The lowest BCUT2D eigenvalue weighted by Gasteiger charge is -2.49. The first kappa shape index (κ1) is 28.0. The molecule has 2 fully saturated rings. The van der Waals surface area contributed by atoms with Crippen molar-refractivity contribution in [1.82, 2.24) is 14.8 Å². The van der Waals surface area contributed by atoms with Gasteiger partial charge in [0.1, 0.15) is 16.1 Å². The number of pyridine rings is 2. The van der Waals surface area contributed by atoms with Crippen molar-refractivity contribution in [3.63, 3.8) is 0 Å². The molecular formula is C29H31Cl3N4O3. The number of ether oxygens (including phenoxy) is 1. The van der Waals surface area contributed by atoms with Gasteiger partial charge in [0.15, 0.2) is 12.4 Å². The number of aromatic nitrogens is 2. The summed E-state index contributed by atoms with van der Waals surface area (Å²) in [7, 11) is 0. The fraction of sp³-hybridized carbons (Fsp3) is 0.414. The Morgan fingerprint density at radius 3 is 2.26 bits per heavy atom. The molecule has 7 nitrogen and oxygen atoms in total. The fourth-order valence-electron chi connectivity index (χ4n) is 5.75. The quantitative estimate of drug-likeness (QED) is 0.253. The van der Waals surface area contributed by atoms with E-state index in [9.17, 15) is 10.0 Å². The molecule has 4 heterocycles. The van der Waals surface area contributed by atoms with E-state index in [1.807, 2.05) is 42.5 Å². The number of halogens is 3. The van der Waals surface area contributed by atoms with E-state index in [1.165, 1.54) is 0 Å². The van der Waals surface area contributed by atoms with Crippen molar-refractivity contribution in [2.75, 3.05) is 26.2 Å². The maximum Gasteiger partial charge on any atom is 0.257 e. The summed E-state index contributed by atoms with van der Waals surface area (Å²) < 4.78 is 6.95. The highest BCUT2D eigenvalue weighted by Gasteiger charge is 2.40. The monoisotopic (exact) mass is 588 g/mol. The molecule has 206 valence electrons. The SMILES string of the molecule is CC1(N2CCC(C(Oc3ccccn3)c3ccc(Cl)cc3)CC2)CCN(C(=O)c2c(Cl)c[n+]([O-])cc2Cl)CC1. The molecule has 1 atom stereocenters. The molecule has 2 aliphatic rings. The van der Waals surface area contributed by atoms with Gasteiger partial charge in [-0.05, 0) is 69.5 Å². The van der Waals surface area contributed by atoms with E-state index in [0.29, 0.717) is 34.6 Å². The van der Waals surface area contributed by atoms with Gasteiger partial charge in [0.2, 0.25) is 5.88 Å². The van der Waals surface area contributed by atoms with Gasteiger partial charge >= 0.3 is 0 Å². The van der Waals surface area contributed by atoms with Crippen molar-refractivity contribution in [1.29, 1.82) is 0 Å². The third-order valence-corrected chi connectivity index (χ3v) is 8.94. The standard InChI is InChI=1S/C29H31Cl3N4O3/c1-29(11-16-34(17-12-29)28(37)26-23(31)18-36(38)19-24(26)32)35-14-9-21(10-15-35)27(20-5-7-22(30)8-6-20)39-25-4-2-3-13-33-25/h2-8,13,18-19,21,27H,9-12,14-17H2,1H3. The molecule has 5 rings (SSSR count). The Labute approximate surface area is 243 Å². The van der Waals surface area contributed by atoms with E-state index in [4.69, 9.17) is 39.5 Å². The van der Waals surface area contributed by atoms with Crippen LogP contribution in [0.15, 0.2) is 61.1 Å². The van der Waals surface area contributed by atoms with Gasteiger partial charge in [-0.3, -0.25) is 9.69 Å². The molecule has 1 unspecified atom stereocenters. The van der Waals surface area contributed by atoms with Crippen LogP contribution in [0.1, 0.15) is 54.6 Å². The molecule has 2 saturated heterocycles. The van der Waals surface area contributed by atoms with E-state index in [2.05, 4.69) is 16.8 Å². The molecule has 39 heavy (non-hydrogen) atoms. The van der Waals surface area contributed by atoms with Gasteiger partial charge in [0.05, 0.1) is 5.56 Å². The van der Waals surface area contributed by atoms with Crippen molar-refractivity contribution in [2.24, 2.45) is 5.92 Å². The van der Waals surface area contributed by atoms with Crippen LogP contribution in [0.3, 0.4) is 0 Å². The Balaban J connectivity index is 1.22. The largest absolute Gasteiger partial charge is 0.619 e. The Kier molecular flexibility index (Phi) is 8.52. The van der Waals surface area contributed by atoms with Crippen LogP contribution in [0.4, 0.5) is 0 Å². The van der Waals surface area contributed by atoms with Gasteiger partial charge in [-0.2, -0.15) is 4.73 Å². The number of hydrogen-bond donors (Lipinski definition) is 0. The average Bonchev–Trinajstić information content (AvgIpc) is 2.93. The summed E-state index contributed by atoms with van der Waals surface area (Å²) in [6.45, 7) is 5.39. The van der Waals surface area contributed by atoms with Gasteiger partial charge in [-0.15, -0.1) is 0 Å². The highest BCUT2D eigenvalue weighted by atomic mass is 35.5. The number of amides is 1. The summed E-state index contributed by atoms with van der Waals surface area (Å²) in [5.74, 6) is 0.720. The number of piperidine rings is 2. The molecule has 2 aliphatic heterocycles. The lowest BCUT2D eigenvalue weighted by molar-refractivity contribution is -0.605. The minimum absolute atomic E-state index is 0.0122. The lowest BCUT2D eigenvalue weighted by atomic mass is 9.82. The number of likely N-dealkylation sites (tertiary alicyclic amines) is 2. The average molecular weight is 590 g/mol. The molecule has 2 aromatic heterocycles. The van der Waals surface area contributed by atoms with Crippen LogP contribution in [-0.4, -0.2) is 52.4 Å². The van der Waals surface area contributed by atoms with Crippen LogP contribution >= 0.6 is 34.8 Å².